The van der Waals surface area contributed by atoms with Crippen molar-refractivity contribution in [3.8, 4) is 5.75 Å². The monoisotopic (exact) mass is 458 g/mol. The van der Waals surface area contributed by atoms with Crippen LogP contribution in [0.1, 0.15) is 69.4 Å². The third-order valence-corrected chi connectivity index (χ3v) is 5.32. The summed E-state index contributed by atoms with van der Waals surface area (Å²) in [7, 11) is 0. The van der Waals surface area contributed by atoms with Crippen LogP contribution in [-0.4, -0.2) is 17.7 Å². The Morgan fingerprint density at radius 1 is 0.966 bits per heavy atom. The summed E-state index contributed by atoms with van der Waals surface area (Å²) in [4.78, 5) is 11.7. The molecule has 0 heterocycles. The van der Waals surface area contributed by atoms with Crippen LogP contribution in [0.4, 0.5) is 0 Å². The highest BCUT2D eigenvalue weighted by Crippen LogP contribution is 2.23. The van der Waals surface area contributed by atoms with E-state index in [1.165, 1.54) is 44.9 Å². The minimum atomic E-state index is -0.946. The second-order valence-corrected chi connectivity index (χ2v) is 8.18. The normalized spacial score (nSPS) is 11.4. The van der Waals surface area contributed by atoms with Gasteiger partial charge in [0.05, 0.1) is 12.2 Å². The molecule has 1 N–H and O–H groups in total. The number of ether oxygens (including phenoxy) is 1. The van der Waals surface area contributed by atoms with Crippen molar-refractivity contribution in [3.63, 3.8) is 0 Å². The number of benzene rings is 2. The quantitative estimate of drug-likeness (QED) is 0.191. The van der Waals surface area contributed by atoms with Gasteiger partial charge in [-0.25, -0.2) is 4.79 Å². The molecule has 0 aromatic heterocycles. The number of aliphatic carboxylic acids is 1. The molecule has 0 aliphatic rings. The van der Waals surface area contributed by atoms with Crippen LogP contribution in [0.5, 0.6) is 5.75 Å². The van der Waals surface area contributed by atoms with E-state index < -0.39 is 5.97 Å². The van der Waals surface area contributed by atoms with Gasteiger partial charge in [-0.1, -0.05) is 92.1 Å². The zero-order chi connectivity index (χ0) is 20.9. The first-order valence-electron chi connectivity index (χ1n) is 10.5. The lowest BCUT2D eigenvalue weighted by Gasteiger charge is -2.07. The van der Waals surface area contributed by atoms with Crippen LogP contribution in [-0.2, 0) is 4.79 Å². The van der Waals surface area contributed by atoms with Crippen molar-refractivity contribution in [2.24, 2.45) is 0 Å². The number of carboxylic acids is 1. The van der Waals surface area contributed by atoms with Crippen LogP contribution in [0, 0.1) is 0 Å². The third kappa shape index (κ3) is 8.86. The minimum absolute atomic E-state index is 0.263. The molecule has 29 heavy (non-hydrogen) atoms. The highest BCUT2D eigenvalue weighted by Gasteiger charge is 2.10. The average Bonchev–Trinajstić information content (AvgIpc) is 2.71. The van der Waals surface area contributed by atoms with E-state index in [9.17, 15) is 9.90 Å². The first-order valence-corrected chi connectivity index (χ1v) is 11.3. The number of hydrogen-bond donors (Lipinski definition) is 1. The SMILES string of the molecule is CCCCCCCCCCOc1ccc(C=C(C(=O)O)c2cccc(Br)c2)cc1. The van der Waals surface area contributed by atoms with E-state index in [-0.39, 0.29) is 5.57 Å². The van der Waals surface area contributed by atoms with Crippen LogP contribution in [0.2, 0.25) is 0 Å². The van der Waals surface area contributed by atoms with Gasteiger partial charge >= 0.3 is 5.97 Å². The molecule has 0 saturated carbocycles. The number of hydrogen-bond acceptors (Lipinski definition) is 2. The summed E-state index contributed by atoms with van der Waals surface area (Å²) in [5.41, 5.74) is 1.77. The second kappa shape index (κ2) is 13.2. The molecular formula is C25H31BrO3. The van der Waals surface area contributed by atoms with Gasteiger partial charge in [0.15, 0.2) is 0 Å². The number of carbonyl (C=O) groups is 1. The van der Waals surface area contributed by atoms with Crippen LogP contribution in [0.25, 0.3) is 11.6 Å². The summed E-state index contributed by atoms with van der Waals surface area (Å²) < 4.78 is 6.67. The molecule has 0 fully saturated rings. The summed E-state index contributed by atoms with van der Waals surface area (Å²) in [6, 6.07) is 14.9. The molecule has 2 rings (SSSR count). The van der Waals surface area contributed by atoms with E-state index in [0.717, 1.165) is 28.8 Å². The molecule has 0 saturated heterocycles. The van der Waals surface area contributed by atoms with Crippen molar-refractivity contribution in [2.45, 2.75) is 58.3 Å². The molecule has 0 atom stereocenters. The molecule has 0 aliphatic carbocycles. The molecule has 2 aromatic rings. The summed E-state index contributed by atoms with van der Waals surface area (Å²) >= 11 is 3.39. The van der Waals surface area contributed by atoms with Gasteiger partial charge in [0, 0.05) is 4.47 Å². The average molecular weight is 459 g/mol. The molecule has 0 unspecified atom stereocenters. The maximum absolute atomic E-state index is 11.7. The Kier molecular flexibility index (Phi) is 10.6. The second-order valence-electron chi connectivity index (χ2n) is 7.27. The van der Waals surface area contributed by atoms with Crippen molar-refractivity contribution >= 4 is 33.5 Å². The Hall–Kier alpha value is -2.07. The smallest absolute Gasteiger partial charge is 0.336 e. The number of halogens is 1. The molecule has 3 nitrogen and oxygen atoms in total. The van der Waals surface area contributed by atoms with Crippen molar-refractivity contribution in [2.75, 3.05) is 6.61 Å². The van der Waals surface area contributed by atoms with Gasteiger partial charge in [-0.15, -0.1) is 0 Å². The van der Waals surface area contributed by atoms with Gasteiger partial charge in [0.1, 0.15) is 5.75 Å². The van der Waals surface area contributed by atoms with Crippen LogP contribution in [0.15, 0.2) is 53.0 Å². The Morgan fingerprint density at radius 3 is 2.24 bits per heavy atom. The molecule has 0 radical (unpaired) electrons. The lowest BCUT2D eigenvalue weighted by atomic mass is 10.0. The maximum Gasteiger partial charge on any atom is 0.336 e. The molecule has 4 heteroatoms. The van der Waals surface area contributed by atoms with Crippen LogP contribution >= 0.6 is 15.9 Å². The van der Waals surface area contributed by atoms with Gasteiger partial charge in [-0.2, -0.15) is 0 Å². The van der Waals surface area contributed by atoms with E-state index in [2.05, 4.69) is 22.9 Å². The summed E-state index contributed by atoms with van der Waals surface area (Å²) in [6.07, 6.45) is 11.9. The molecule has 0 bridgehead atoms. The Bertz CT molecular complexity index is 781. The molecule has 156 valence electrons. The largest absolute Gasteiger partial charge is 0.494 e. The highest BCUT2D eigenvalue weighted by atomic mass is 79.9. The molecule has 0 aliphatic heterocycles. The summed E-state index contributed by atoms with van der Waals surface area (Å²) in [5, 5.41) is 9.57. The Balaban J connectivity index is 1.81. The van der Waals surface area contributed by atoms with Crippen molar-refractivity contribution in [3.05, 3.63) is 64.1 Å². The highest BCUT2D eigenvalue weighted by molar-refractivity contribution is 9.10. The molecule has 2 aromatic carbocycles. The number of rotatable bonds is 13. The topological polar surface area (TPSA) is 46.5 Å². The first kappa shape index (κ1) is 23.2. The maximum atomic E-state index is 11.7. The first-order chi connectivity index (χ1) is 14.1. The van der Waals surface area contributed by atoms with Gasteiger partial charge in [0.25, 0.3) is 0 Å². The zero-order valence-electron chi connectivity index (χ0n) is 17.2. The zero-order valence-corrected chi connectivity index (χ0v) is 18.8. The van der Waals surface area contributed by atoms with Gasteiger partial charge in [-0.05, 0) is 47.9 Å². The van der Waals surface area contributed by atoms with Crippen LogP contribution < -0.4 is 4.74 Å². The summed E-state index contributed by atoms with van der Waals surface area (Å²) in [6.45, 7) is 2.97. The van der Waals surface area contributed by atoms with Gasteiger partial charge in [-0.3, -0.25) is 0 Å². The fraction of sp³-hybridized carbons (Fsp3) is 0.400. The van der Waals surface area contributed by atoms with E-state index in [1.807, 2.05) is 36.4 Å². The van der Waals surface area contributed by atoms with Gasteiger partial charge in [0.2, 0.25) is 0 Å². The standard InChI is InChI=1S/C25H31BrO3/c1-2-3-4-5-6-7-8-9-17-29-23-15-13-20(14-16-23)18-24(25(27)28)21-11-10-12-22(26)19-21/h10-16,18-19H,2-9,17H2,1H3,(H,27,28). The molecule has 0 amide bonds. The lowest BCUT2D eigenvalue weighted by Crippen LogP contribution is -2.00. The van der Waals surface area contributed by atoms with E-state index in [0.29, 0.717) is 5.56 Å². The van der Waals surface area contributed by atoms with Gasteiger partial charge < -0.3 is 9.84 Å². The number of unbranched alkanes of at least 4 members (excludes halogenated alkanes) is 7. The fourth-order valence-electron chi connectivity index (χ4n) is 3.18. The lowest BCUT2D eigenvalue weighted by molar-refractivity contribution is -0.130. The van der Waals surface area contributed by atoms with E-state index in [1.54, 1.807) is 18.2 Å². The third-order valence-electron chi connectivity index (χ3n) is 4.82. The Morgan fingerprint density at radius 2 is 1.62 bits per heavy atom. The molecular weight excluding hydrogens is 428 g/mol. The van der Waals surface area contributed by atoms with Crippen molar-refractivity contribution in [1.82, 2.24) is 0 Å². The van der Waals surface area contributed by atoms with Crippen molar-refractivity contribution < 1.29 is 14.6 Å². The Labute approximate surface area is 182 Å². The summed E-state index contributed by atoms with van der Waals surface area (Å²) in [5.74, 6) is -0.123. The number of carboxylic acid groups (broad SMARTS) is 1. The van der Waals surface area contributed by atoms with E-state index >= 15 is 0 Å². The van der Waals surface area contributed by atoms with E-state index in [4.69, 9.17) is 4.74 Å². The predicted octanol–water partition coefficient (Wildman–Crippen LogP) is 7.59. The molecule has 0 spiro atoms. The fourth-order valence-corrected chi connectivity index (χ4v) is 3.58. The van der Waals surface area contributed by atoms with Crippen molar-refractivity contribution in [1.29, 1.82) is 0 Å². The van der Waals surface area contributed by atoms with Crippen LogP contribution in [0.3, 0.4) is 0 Å². The predicted molar refractivity (Wildman–Crippen MR) is 124 cm³/mol. The minimum Gasteiger partial charge on any atom is -0.494 e.